The number of carbonyl (C=O) groups excluding carboxylic acids is 2. The van der Waals surface area contributed by atoms with Gasteiger partial charge >= 0.3 is 0 Å². The first-order valence-corrected chi connectivity index (χ1v) is 10.6. The quantitative estimate of drug-likeness (QED) is 0.671. The highest BCUT2D eigenvalue weighted by molar-refractivity contribution is 5.94. The number of benzene rings is 1. The minimum atomic E-state index is -0.0958. The molecule has 0 spiro atoms. The maximum atomic E-state index is 12.7. The summed E-state index contributed by atoms with van der Waals surface area (Å²) in [7, 11) is 0. The van der Waals surface area contributed by atoms with Crippen LogP contribution in [0.3, 0.4) is 0 Å². The molecule has 1 aromatic heterocycles. The fraction of sp³-hybridized carbons (Fsp3) is 0.417. The first-order chi connectivity index (χ1) is 14.5. The lowest BCUT2D eigenvalue weighted by Gasteiger charge is -2.35. The predicted molar refractivity (Wildman–Crippen MR) is 118 cm³/mol. The molecule has 2 amide bonds. The van der Waals surface area contributed by atoms with Crippen LogP contribution in [0.5, 0.6) is 0 Å². The Balaban J connectivity index is 1.42. The van der Waals surface area contributed by atoms with Crippen LogP contribution >= 0.6 is 0 Å². The zero-order valence-electron chi connectivity index (χ0n) is 17.9. The molecule has 3 rings (SSSR count). The largest absolute Gasteiger partial charge is 0.472 e. The summed E-state index contributed by atoms with van der Waals surface area (Å²) < 4.78 is 5.02. The van der Waals surface area contributed by atoms with Gasteiger partial charge in [0.05, 0.1) is 11.8 Å². The molecule has 1 aliphatic rings. The molecule has 6 heteroatoms. The SMILES string of the molecule is CC(C)N(CCC(=O)N1CCN(CC=Cc2ccccc2)CC1)C(=O)c1ccoc1. The average molecular weight is 410 g/mol. The molecule has 0 N–H and O–H groups in total. The molecule has 1 fully saturated rings. The first-order valence-electron chi connectivity index (χ1n) is 10.6. The predicted octanol–water partition coefficient (Wildman–Crippen LogP) is 3.38. The van der Waals surface area contributed by atoms with Crippen LogP contribution in [0.25, 0.3) is 6.08 Å². The molecule has 6 nitrogen and oxygen atoms in total. The third-order valence-electron chi connectivity index (χ3n) is 5.42. The summed E-state index contributed by atoms with van der Waals surface area (Å²) in [4.78, 5) is 31.3. The molecule has 160 valence electrons. The average Bonchev–Trinajstić information content (AvgIpc) is 3.29. The van der Waals surface area contributed by atoms with Gasteiger partial charge in [-0.3, -0.25) is 14.5 Å². The first kappa shape index (κ1) is 21.8. The number of hydrogen-bond acceptors (Lipinski definition) is 4. The molecular formula is C24H31N3O3. The van der Waals surface area contributed by atoms with Crippen molar-refractivity contribution in [3.05, 3.63) is 66.1 Å². The van der Waals surface area contributed by atoms with Gasteiger partial charge in [0.1, 0.15) is 6.26 Å². The van der Waals surface area contributed by atoms with Crippen molar-refractivity contribution in [2.24, 2.45) is 0 Å². The Morgan fingerprint density at radius 1 is 1.10 bits per heavy atom. The van der Waals surface area contributed by atoms with E-state index in [-0.39, 0.29) is 17.9 Å². The van der Waals surface area contributed by atoms with E-state index in [1.807, 2.05) is 36.9 Å². The number of furan rings is 1. The summed E-state index contributed by atoms with van der Waals surface area (Å²) in [6.07, 6.45) is 7.59. The molecule has 2 aromatic rings. The van der Waals surface area contributed by atoms with E-state index < -0.39 is 0 Å². The third kappa shape index (κ3) is 6.07. The Kier molecular flexibility index (Phi) is 7.85. The van der Waals surface area contributed by atoms with Crippen LogP contribution in [-0.2, 0) is 4.79 Å². The van der Waals surface area contributed by atoms with Gasteiger partial charge in [-0.25, -0.2) is 0 Å². The highest BCUT2D eigenvalue weighted by Crippen LogP contribution is 2.12. The fourth-order valence-corrected chi connectivity index (χ4v) is 3.60. The number of piperazine rings is 1. The van der Waals surface area contributed by atoms with Crippen molar-refractivity contribution in [2.45, 2.75) is 26.3 Å². The lowest BCUT2D eigenvalue weighted by Crippen LogP contribution is -2.49. The monoisotopic (exact) mass is 409 g/mol. The van der Waals surface area contributed by atoms with Gasteiger partial charge in [-0.05, 0) is 25.5 Å². The number of amides is 2. The summed E-state index contributed by atoms with van der Waals surface area (Å²) >= 11 is 0. The van der Waals surface area contributed by atoms with Gasteiger partial charge in [-0.15, -0.1) is 0 Å². The van der Waals surface area contributed by atoms with Gasteiger partial charge in [-0.1, -0.05) is 42.5 Å². The zero-order chi connectivity index (χ0) is 21.3. The van der Waals surface area contributed by atoms with Crippen LogP contribution in [0.4, 0.5) is 0 Å². The van der Waals surface area contributed by atoms with Crippen molar-refractivity contribution in [2.75, 3.05) is 39.3 Å². The van der Waals surface area contributed by atoms with Crippen molar-refractivity contribution in [3.8, 4) is 0 Å². The Bertz CT molecular complexity index is 823. The smallest absolute Gasteiger partial charge is 0.257 e. The topological polar surface area (TPSA) is 57.0 Å². The van der Waals surface area contributed by atoms with Crippen molar-refractivity contribution < 1.29 is 14.0 Å². The molecule has 0 radical (unpaired) electrons. The molecule has 2 heterocycles. The van der Waals surface area contributed by atoms with E-state index >= 15 is 0 Å². The van der Waals surface area contributed by atoms with Gasteiger partial charge in [0.25, 0.3) is 5.91 Å². The van der Waals surface area contributed by atoms with E-state index in [1.165, 1.54) is 18.1 Å². The maximum Gasteiger partial charge on any atom is 0.257 e. The van der Waals surface area contributed by atoms with Crippen molar-refractivity contribution in [1.29, 1.82) is 0 Å². The molecule has 30 heavy (non-hydrogen) atoms. The van der Waals surface area contributed by atoms with Crippen LogP contribution in [0.2, 0.25) is 0 Å². The normalized spacial score (nSPS) is 15.1. The molecule has 1 aliphatic heterocycles. The maximum absolute atomic E-state index is 12.7. The van der Waals surface area contributed by atoms with E-state index in [2.05, 4.69) is 29.2 Å². The molecule has 0 aliphatic carbocycles. The summed E-state index contributed by atoms with van der Waals surface area (Å²) in [6.45, 7) is 8.43. The summed E-state index contributed by atoms with van der Waals surface area (Å²) in [5, 5.41) is 0. The fourth-order valence-electron chi connectivity index (χ4n) is 3.60. The number of nitrogens with zero attached hydrogens (tertiary/aromatic N) is 3. The van der Waals surface area contributed by atoms with E-state index in [0.29, 0.717) is 18.5 Å². The van der Waals surface area contributed by atoms with E-state index in [9.17, 15) is 9.59 Å². The summed E-state index contributed by atoms with van der Waals surface area (Å²) in [5.74, 6) is 0.0155. The number of rotatable bonds is 8. The lowest BCUT2D eigenvalue weighted by molar-refractivity contribution is -0.133. The highest BCUT2D eigenvalue weighted by Gasteiger charge is 2.24. The van der Waals surface area contributed by atoms with Crippen LogP contribution in [-0.4, -0.2) is 71.8 Å². The van der Waals surface area contributed by atoms with Crippen LogP contribution in [0.15, 0.2) is 59.4 Å². The van der Waals surface area contributed by atoms with E-state index in [1.54, 1.807) is 11.0 Å². The molecule has 0 unspecified atom stereocenters. The second kappa shape index (κ2) is 10.8. The Hall–Kier alpha value is -2.86. The Labute approximate surface area is 178 Å². The van der Waals surface area contributed by atoms with Crippen LogP contribution < -0.4 is 0 Å². The molecule has 1 aromatic carbocycles. The van der Waals surface area contributed by atoms with Crippen molar-refractivity contribution in [3.63, 3.8) is 0 Å². The summed E-state index contributed by atoms with van der Waals surface area (Å²) in [6, 6.07) is 11.9. The summed E-state index contributed by atoms with van der Waals surface area (Å²) in [5.41, 5.74) is 1.72. The van der Waals surface area contributed by atoms with Gasteiger partial charge in [0.2, 0.25) is 5.91 Å². The molecule has 0 bridgehead atoms. The lowest BCUT2D eigenvalue weighted by atomic mass is 10.2. The van der Waals surface area contributed by atoms with Crippen LogP contribution in [0.1, 0.15) is 36.2 Å². The van der Waals surface area contributed by atoms with Crippen LogP contribution in [0, 0.1) is 0 Å². The van der Waals surface area contributed by atoms with Crippen molar-refractivity contribution in [1.82, 2.24) is 14.7 Å². The Morgan fingerprint density at radius 2 is 1.83 bits per heavy atom. The number of carbonyl (C=O) groups is 2. The third-order valence-corrected chi connectivity index (χ3v) is 5.42. The molecule has 0 atom stereocenters. The van der Waals surface area contributed by atoms with Gasteiger partial charge in [-0.2, -0.15) is 0 Å². The molecule has 1 saturated heterocycles. The number of hydrogen-bond donors (Lipinski definition) is 0. The van der Waals surface area contributed by atoms with E-state index in [0.717, 1.165) is 32.7 Å². The standard InChI is InChI=1S/C24H31N3O3/c1-20(2)27(24(29)22-11-18-30-19-22)13-10-23(28)26-16-14-25(15-17-26)12-6-9-21-7-4-3-5-8-21/h3-9,11,18-20H,10,12-17H2,1-2H3. The van der Waals surface area contributed by atoms with Gasteiger partial charge in [0, 0.05) is 51.7 Å². The molecular weight excluding hydrogens is 378 g/mol. The second-order valence-electron chi connectivity index (χ2n) is 7.85. The van der Waals surface area contributed by atoms with E-state index in [4.69, 9.17) is 4.42 Å². The molecule has 0 saturated carbocycles. The second-order valence-corrected chi connectivity index (χ2v) is 7.85. The zero-order valence-corrected chi connectivity index (χ0v) is 17.9. The van der Waals surface area contributed by atoms with Gasteiger partial charge in [0.15, 0.2) is 0 Å². The minimum absolute atomic E-state index is 0.0217. The van der Waals surface area contributed by atoms with Gasteiger partial charge < -0.3 is 14.2 Å². The highest BCUT2D eigenvalue weighted by atomic mass is 16.3. The minimum Gasteiger partial charge on any atom is -0.472 e. The van der Waals surface area contributed by atoms with Crippen molar-refractivity contribution >= 4 is 17.9 Å². The Morgan fingerprint density at radius 3 is 2.47 bits per heavy atom.